The van der Waals surface area contributed by atoms with E-state index in [-0.39, 0.29) is 17.9 Å². The number of nitrogens with zero attached hydrogens (tertiary/aromatic N) is 3. The number of rotatable bonds is 7. The third-order valence-corrected chi connectivity index (χ3v) is 6.10. The second kappa shape index (κ2) is 8.10. The van der Waals surface area contributed by atoms with Crippen molar-refractivity contribution in [1.29, 1.82) is 0 Å². The van der Waals surface area contributed by atoms with Crippen molar-refractivity contribution >= 4 is 45.0 Å². The molecule has 0 saturated carbocycles. The molecule has 27 heavy (non-hydrogen) atoms. The first-order chi connectivity index (χ1) is 12.9. The molecule has 0 radical (unpaired) electrons. The van der Waals surface area contributed by atoms with Crippen LogP contribution in [0.4, 0.5) is 5.82 Å². The second-order valence-electron chi connectivity index (χ2n) is 6.03. The van der Waals surface area contributed by atoms with E-state index in [2.05, 4.69) is 22.0 Å². The lowest BCUT2D eigenvalue weighted by atomic mass is 10.2. The molecular weight excluding hydrogens is 384 g/mol. The highest BCUT2D eigenvalue weighted by molar-refractivity contribution is 7.99. The van der Waals surface area contributed by atoms with E-state index in [1.807, 2.05) is 13.8 Å². The molecule has 3 rings (SSSR count). The maximum Gasteiger partial charge on any atom is 0.263 e. The zero-order valence-corrected chi connectivity index (χ0v) is 17.0. The van der Waals surface area contributed by atoms with Gasteiger partial charge < -0.3 is 9.84 Å². The highest BCUT2D eigenvalue weighted by atomic mass is 32.2. The van der Waals surface area contributed by atoms with Gasteiger partial charge in [0, 0.05) is 29.7 Å². The van der Waals surface area contributed by atoms with Crippen molar-refractivity contribution in [3.8, 4) is 0 Å². The highest BCUT2D eigenvalue weighted by Crippen LogP contribution is 2.28. The third-order valence-electron chi connectivity index (χ3n) is 4.02. The summed E-state index contributed by atoms with van der Waals surface area (Å²) in [7, 11) is 0. The minimum Gasteiger partial charge on any atom is -0.360 e. The molecule has 0 spiro atoms. The molecule has 1 N–H and O–H groups in total. The van der Waals surface area contributed by atoms with Crippen LogP contribution < -0.4 is 10.9 Å². The van der Waals surface area contributed by atoms with Gasteiger partial charge in [0.15, 0.2) is 11.0 Å². The summed E-state index contributed by atoms with van der Waals surface area (Å²) in [5.41, 5.74) is 0.913. The van der Waals surface area contributed by atoms with Crippen molar-refractivity contribution in [3.05, 3.63) is 45.3 Å². The monoisotopic (exact) mass is 404 g/mol. The number of anilines is 1. The molecule has 0 aliphatic heterocycles. The van der Waals surface area contributed by atoms with Crippen LogP contribution in [-0.2, 0) is 11.3 Å². The summed E-state index contributed by atoms with van der Waals surface area (Å²) in [4.78, 5) is 31.4. The Morgan fingerprint density at radius 3 is 2.89 bits per heavy atom. The Morgan fingerprint density at radius 2 is 2.22 bits per heavy atom. The van der Waals surface area contributed by atoms with Crippen molar-refractivity contribution in [2.75, 3.05) is 11.1 Å². The standard InChI is InChI=1S/C18H20N4O3S2/c1-5-7-22-17(24)15-11(3)12(4)27-16(15)20-18(22)26-8-6-14(23)19-13-9-10(2)25-21-13/h5,9H,1,6-8H2,2-4H3,(H,19,21,23). The van der Waals surface area contributed by atoms with Gasteiger partial charge in [-0.15, -0.1) is 17.9 Å². The SMILES string of the molecule is C=CCn1c(SCCC(=O)Nc2cc(C)on2)nc2sc(C)c(C)c2c1=O. The average molecular weight is 405 g/mol. The number of thioether (sulfide) groups is 1. The van der Waals surface area contributed by atoms with E-state index in [1.54, 1.807) is 23.6 Å². The average Bonchev–Trinajstić information content (AvgIpc) is 3.14. The van der Waals surface area contributed by atoms with E-state index in [0.717, 1.165) is 15.3 Å². The smallest absolute Gasteiger partial charge is 0.263 e. The molecule has 3 aromatic heterocycles. The van der Waals surface area contributed by atoms with Gasteiger partial charge in [0.05, 0.1) is 5.39 Å². The van der Waals surface area contributed by atoms with E-state index >= 15 is 0 Å². The zero-order chi connectivity index (χ0) is 19.6. The summed E-state index contributed by atoms with van der Waals surface area (Å²) in [5.74, 6) is 1.35. The van der Waals surface area contributed by atoms with Crippen LogP contribution in [0.2, 0.25) is 0 Å². The summed E-state index contributed by atoms with van der Waals surface area (Å²) >= 11 is 2.90. The summed E-state index contributed by atoms with van der Waals surface area (Å²) in [6, 6.07) is 1.66. The van der Waals surface area contributed by atoms with Crippen molar-refractivity contribution in [1.82, 2.24) is 14.7 Å². The van der Waals surface area contributed by atoms with Gasteiger partial charge in [-0.25, -0.2) is 4.98 Å². The van der Waals surface area contributed by atoms with Gasteiger partial charge in [0.2, 0.25) is 5.91 Å². The maximum atomic E-state index is 12.9. The third kappa shape index (κ3) is 4.14. The second-order valence-corrected chi connectivity index (χ2v) is 8.30. The van der Waals surface area contributed by atoms with Crippen molar-refractivity contribution in [2.45, 2.75) is 38.9 Å². The molecule has 142 valence electrons. The highest BCUT2D eigenvalue weighted by Gasteiger charge is 2.16. The molecule has 0 bridgehead atoms. The largest absolute Gasteiger partial charge is 0.360 e. The number of nitrogens with one attached hydrogen (secondary N) is 1. The topological polar surface area (TPSA) is 90.0 Å². The molecular formula is C18H20N4O3S2. The Kier molecular flexibility index (Phi) is 5.81. The van der Waals surface area contributed by atoms with E-state index in [9.17, 15) is 9.59 Å². The molecule has 1 amide bonds. The van der Waals surface area contributed by atoms with Crippen LogP contribution in [0.5, 0.6) is 0 Å². The molecule has 3 aromatic rings. The number of hydrogen-bond donors (Lipinski definition) is 1. The molecule has 9 heteroatoms. The molecule has 0 aliphatic rings. The fourth-order valence-corrected chi connectivity index (χ4v) is 4.59. The van der Waals surface area contributed by atoms with E-state index < -0.39 is 0 Å². The quantitative estimate of drug-likeness (QED) is 0.367. The Bertz CT molecular complexity index is 1060. The number of carbonyl (C=O) groups excluding carboxylic acids is 1. The molecule has 0 aromatic carbocycles. The first-order valence-corrected chi connectivity index (χ1v) is 10.2. The normalized spacial score (nSPS) is 11.1. The summed E-state index contributed by atoms with van der Waals surface area (Å²) in [5, 5.41) is 7.68. The van der Waals surface area contributed by atoms with Crippen molar-refractivity contribution < 1.29 is 9.32 Å². The van der Waals surface area contributed by atoms with E-state index in [4.69, 9.17) is 4.52 Å². The first-order valence-electron chi connectivity index (χ1n) is 8.38. The number of fused-ring (bicyclic) bond motifs is 1. The van der Waals surface area contributed by atoms with Crippen LogP contribution in [-0.4, -0.2) is 26.4 Å². The van der Waals surface area contributed by atoms with Gasteiger partial charge >= 0.3 is 0 Å². The number of aryl methyl sites for hydroxylation is 3. The predicted octanol–water partition coefficient (Wildman–Crippen LogP) is 3.68. The zero-order valence-electron chi connectivity index (χ0n) is 15.4. The van der Waals surface area contributed by atoms with Gasteiger partial charge in [-0.2, -0.15) is 0 Å². The summed E-state index contributed by atoms with van der Waals surface area (Å²) in [6.45, 7) is 9.79. The Labute approximate surface area is 164 Å². The molecule has 7 nitrogen and oxygen atoms in total. The molecule has 0 atom stereocenters. The van der Waals surface area contributed by atoms with Gasteiger partial charge in [-0.3, -0.25) is 14.2 Å². The number of aromatic nitrogens is 3. The molecule has 0 fully saturated rings. The summed E-state index contributed by atoms with van der Waals surface area (Å²) in [6.07, 6.45) is 1.94. The minimum atomic E-state index is -0.169. The van der Waals surface area contributed by atoms with Crippen LogP contribution >= 0.6 is 23.1 Å². The Hall–Kier alpha value is -2.39. The van der Waals surface area contributed by atoms with Crippen LogP contribution in [0.1, 0.15) is 22.6 Å². The van der Waals surface area contributed by atoms with Gasteiger partial charge in [0.25, 0.3) is 5.56 Å². The predicted molar refractivity (Wildman–Crippen MR) is 109 cm³/mol. The summed E-state index contributed by atoms with van der Waals surface area (Å²) < 4.78 is 6.53. The van der Waals surface area contributed by atoms with E-state index in [1.165, 1.54) is 23.1 Å². The van der Waals surface area contributed by atoms with Crippen LogP contribution in [0, 0.1) is 20.8 Å². The van der Waals surface area contributed by atoms with Gasteiger partial charge in [-0.1, -0.05) is 23.0 Å². The van der Waals surface area contributed by atoms with Gasteiger partial charge in [0.1, 0.15) is 10.6 Å². The van der Waals surface area contributed by atoms with Crippen molar-refractivity contribution in [3.63, 3.8) is 0 Å². The molecule has 0 unspecified atom stereocenters. The number of carbonyl (C=O) groups is 1. The van der Waals surface area contributed by atoms with Crippen LogP contribution in [0.3, 0.4) is 0 Å². The maximum absolute atomic E-state index is 12.9. The first kappa shape index (κ1) is 19.4. The lowest BCUT2D eigenvalue weighted by Gasteiger charge is -2.10. The number of thiophene rings is 1. The molecule has 0 saturated heterocycles. The fourth-order valence-electron chi connectivity index (χ4n) is 2.57. The molecule has 0 aliphatic carbocycles. The lowest BCUT2D eigenvalue weighted by Crippen LogP contribution is -2.23. The van der Waals surface area contributed by atoms with Crippen LogP contribution in [0.25, 0.3) is 10.2 Å². The van der Waals surface area contributed by atoms with Gasteiger partial charge in [-0.05, 0) is 26.3 Å². The number of hydrogen-bond acceptors (Lipinski definition) is 7. The number of amides is 1. The lowest BCUT2D eigenvalue weighted by molar-refractivity contribution is -0.115. The number of allylic oxidation sites excluding steroid dienone is 1. The fraction of sp³-hybridized carbons (Fsp3) is 0.333. The minimum absolute atomic E-state index is 0.0632. The van der Waals surface area contributed by atoms with Crippen molar-refractivity contribution in [2.24, 2.45) is 0 Å². The van der Waals surface area contributed by atoms with E-state index in [0.29, 0.717) is 34.4 Å². The Morgan fingerprint density at radius 1 is 1.44 bits per heavy atom. The molecule has 3 heterocycles. The van der Waals surface area contributed by atoms with Crippen LogP contribution in [0.15, 0.2) is 33.2 Å². The Balaban J connectivity index is 1.75.